The third-order valence-electron chi connectivity index (χ3n) is 6.33. The standard InChI is InChI=1S/C28H31FN2O4S/c1-20-4-6-21(7-5-20)28(33)30(14-3-16-34-2)18-27(32)31-15-12-26-24(13-17-36-26)25(31)19-35-23-10-8-22(29)9-11-23/h4-11,13,17,25H,3,12,14-16,18-19H2,1-2H3. The Morgan fingerprint density at radius 3 is 2.58 bits per heavy atom. The topological polar surface area (TPSA) is 59.1 Å². The lowest BCUT2D eigenvalue weighted by Gasteiger charge is -2.37. The summed E-state index contributed by atoms with van der Waals surface area (Å²) in [4.78, 5) is 31.6. The van der Waals surface area contributed by atoms with Crippen molar-refractivity contribution in [3.05, 3.63) is 87.4 Å². The Morgan fingerprint density at radius 1 is 1.11 bits per heavy atom. The number of aryl methyl sites for hydroxylation is 1. The Hall–Kier alpha value is -3.23. The van der Waals surface area contributed by atoms with Crippen molar-refractivity contribution in [2.45, 2.75) is 25.8 Å². The first-order chi connectivity index (χ1) is 17.5. The summed E-state index contributed by atoms with van der Waals surface area (Å²) < 4.78 is 24.4. The van der Waals surface area contributed by atoms with Gasteiger partial charge in [-0.2, -0.15) is 0 Å². The third kappa shape index (κ3) is 6.30. The number of hydrogen-bond acceptors (Lipinski definition) is 5. The SMILES string of the molecule is COCCCN(CC(=O)N1CCc2sccc2C1COc1ccc(F)cc1)C(=O)c1ccc(C)cc1. The molecule has 1 aliphatic rings. The molecule has 0 radical (unpaired) electrons. The second kappa shape index (κ2) is 12.1. The summed E-state index contributed by atoms with van der Waals surface area (Å²) in [5.74, 6) is -0.0881. The van der Waals surface area contributed by atoms with Crippen molar-refractivity contribution < 1.29 is 23.5 Å². The highest BCUT2D eigenvalue weighted by molar-refractivity contribution is 7.10. The first kappa shape index (κ1) is 25.9. The highest BCUT2D eigenvalue weighted by atomic mass is 32.1. The zero-order valence-corrected chi connectivity index (χ0v) is 21.4. The molecule has 1 unspecified atom stereocenters. The van der Waals surface area contributed by atoms with Crippen LogP contribution < -0.4 is 4.74 Å². The van der Waals surface area contributed by atoms with Crippen molar-refractivity contribution in [2.24, 2.45) is 0 Å². The van der Waals surface area contributed by atoms with E-state index in [0.29, 0.717) is 37.4 Å². The van der Waals surface area contributed by atoms with Crippen LogP contribution in [0.3, 0.4) is 0 Å². The molecule has 8 heteroatoms. The van der Waals surface area contributed by atoms with Gasteiger partial charge in [0.05, 0.1) is 6.04 Å². The zero-order chi connectivity index (χ0) is 25.5. The number of fused-ring (bicyclic) bond motifs is 1. The van der Waals surface area contributed by atoms with E-state index in [1.165, 1.54) is 17.0 Å². The van der Waals surface area contributed by atoms with Gasteiger partial charge in [0, 0.05) is 37.2 Å². The number of amides is 2. The lowest BCUT2D eigenvalue weighted by atomic mass is 10.0. The number of halogens is 1. The fourth-order valence-corrected chi connectivity index (χ4v) is 5.29. The molecule has 2 aromatic carbocycles. The van der Waals surface area contributed by atoms with Crippen LogP contribution in [0, 0.1) is 12.7 Å². The Morgan fingerprint density at radius 2 is 1.86 bits per heavy atom. The second-order valence-corrected chi connectivity index (χ2v) is 9.86. The minimum atomic E-state index is -0.330. The first-order valence-corrected chi connectivity index (χ1v) is 12.9. The molecular weight excluding hydrogens is 479 g/mol. The Balaban J connectivity index is 1.51. The number of rotatable bonds is 10. The van der Waals surface area contributed by atoms with Crippen LogP contribution in [0.1, 0.15) is 38.8 Å². The quantitative estimate of drug-likeness (QED) is 0.365. The average Bonchev–Trinajstić information content (AvgIpc) is 3.37. The predicted octanol–water partition coefficient (Wildman–Crippen LogP) is 4.88. The molecule has 190 valence electrons. The molecule has 1 aromatic heterocycles. The molecule has 6 nitrogen and oxygen atoms in total. The van der Waals surface area contributed by atoms with Crippen molar-refractivity contribution in [3.8, 4) is 5.75 Å². The summed E-state index contributed by atoms with van der Waals surface area (Å²) in [6, 6.07) is 15.0. The highest BCUT2D eigenvalue weighted by Crippen LogP contribution is 2.34. The van der Waals surface area contributed by atoms with E-state index in [1.807, 2.05) is 35.4 Å². The van der Waals surface area contributed by atoms with Crippen LogP contribution in [0.2, 0.25) is 0 Å². The van der Waals surface area contributed by atoms with Gasteiger partial charge < -0.3 is 19.3 Å². The van der Waals surface area contributed by atoms with Crippen LogP contribution >= 0.6 is 11.3 Å². The summed E-state index contributed by atoms with van der Waals surface area (Å²) in [5.41, 5.74) is 2.69. The van der Waals surface area contributed by atoms with Crippen molar-refractivity contribution >= 4 is 23.2 Å². The first-order valence-electron chi connectivity index (χ1n) is 12.0. The Kier molecular flexibility index (Phi) is 8.72. The van der Waals surface area contributed by atoms with Gasteiger partial charge >= 0.3 is 0 Å². The number of methoxy groups -OCH3 is 1. The van der Waals surface area contributed by atoms with Crippen LogP contribution in [-0.4, -0.2) is 61.6 Å². The zero-order valence-electron chi connectivity index (χ0n) is 20.6. The highest BCUT2D eigenvalue weighted by Gasteiger charge is 2.33. The lowest BCUT2D eigenvalue weighted by molar-refractivity contribution is -0.135. The van der Waals surface area contributed by atoms with Gasteiger partial charge in [0.2, 0.25) is 5.91 Å². The Bertz CT molecular complexity index is 1160. The number of benzene rings is 2. The van der Waals surface area contributed by atoms with Crippen LogP contribution in [-0.2, 0) is 16.0 Å². The van der Waals surface area contributed by atoms with Gasteiger partial charge in [-0.1, -0.05) is 17.7 Å². The number of nitrogens with zero attached hydrogens (tertiary/aromatic N) is 2. The van der Waals surface area contributed by atoms with Crippen LogP contribution in [0.15, 0.2) is 60.0 Å². The Labute approximate surface area is 215 Å². The van der Waals surface area contributed by atoms with Crippen LogP contribution in [0.25, 0.3) is 0 Å². The molecule has 2 heterocycles. The molecule has 3 aromatic rings. The summed E-state index contributed by atoms with van der Waals surface area (Å²) in [6.07, 6.45) is 1.40. The molecule has 0 bridgehead atoms. The van der Waals surface area contributed by atoms with E-state index in [-0.39, 0.29) is 36.8 Å². The van der Waals surface area contributed by atoms with E-state index >= 15 is 0 Å². The molecular formula is C28H31FN2O4S. The molecule has 0 spiro atoms. The summed E-state index contributed by atoms with van der Waals surface area (Å²) >= 11 is 1.68. The molecule has 36 heavy (non-hydrogen) atoms. The molecule has 2 amide bonds. The summed E-state index contributed by atoms with van der Waals surface area (Å²) in [5, 5.41) is 2.03. The van der Waals surface area contributed by atoms with Crippen molar-refractivity contribution in [3.63, 3.8) is 0 Å². The van der Waals surface area contributed by atoms with Gasteiger partial charge in [0.25, 0.3) is 5.91 Å². The summed E-state index contributed by atoms with van der Waals surface area (Å²) in [6.45, 7) is 3.66. The lowest BCUT2D eigenvalue weighted by Crippen LogP contribution is -2.48. The van der Waals surface area contributed by atoms with Gasteiger partial charge in [0.15, 0.2) is 0 Å². The van der Waals surface area contributed by atoms with E-state index in [1.54, 1.807) is 47.6 Å². The van der Waals surface area contributed by atoms with Crippen molar-refractivity contribution in [1.82, 2.24) is 9.80 Å². The van der Waals surface area contributed by atoms with Gasteiger partial charge in [-0.15, -0.1) is 11.3 Å². The molecule has 0 aliphatic carbocycles. The maximum absolute atomic E-state index is 13.6. The molecule has 4 rings (SSSR count). The van der Waals surface area contributed by atoms with Gasteiger partial charge in [-0.05, 0) is 73.2 Å². The number of carbonyl (C=O) groups excluding carboxylic acids is 2. The molecule has 0 saturated heterocycles. The largest absolute Gasteiger partial charge is 0.491 e. The van der Waals surface area contributed by atoms with E-state index in [9.17, 15) is 14.0 Å². The van der Waals surface area contributed by atoms with E-state index in [2.05, 4.69) is 0 Å². The average molecular weight is 511 g/mol. The van der Waals surface area contributed by atoms with Crippen molar-refractivity contribution in [2.75, 3.05) is 40.0 Å². The number of thiophene rings is 1. The van der Waals surface area contributed by atoms with Crippen molar-refractivity contribution in [1.29, 1.82) is 0 Å². The van der Waals surface area contributed by atoms with Gasteiger partial charge in [-0.25, -0.2) is 4.39 Å². The normalized spacial score (nSPS) is 14.9. The summed E-state index contributed by atoms with van der Waals surface area (Å²) in [7, 11) is 1.62. The van der Waals surface area contributed by atoms with Gasteiger partial charge in [-0.3, -0.25) is 9.59 Å². The molecule has 1 atom stereocenters. The minimum absolute atomic E-state index is 0.0249. The maximum atomic E-state index is 13.6. The van der Waals surface area contributed by atoms with E-state index in [4.69, 9.17) is 9.47 Å². The molecule has 0 N–H and O–H groups in total. The van der Waals surface area contributed by atoms with Crippen LogP contribution in [0.5, 0.6) is 5.75 Å². The molecule has 0 saturated carbocycles. The fourth-order valence-electron chi connectivity index (χ4n) is 4.37. The second-order valence-electron chi connectivity index (χ2n) is 8.86. The predicted molar refractivity (Wildman–Crippen MR) is 138 cm³/mol. The number of carbonyl (C=O) groups is 2. The third-order valence-corrected chi connectivity index (χ3v) is 7.32. The smallest absolute Gasteiger partial charge is 0.254 e. The van der Waals surface area contributed by atoms with E-state index in [0.717, 1.165) is 17.5 Å². The maximum Gasteiger partial charge on any atom is 0.254 e. The number of hydrogen-bond donors (Lipinski definition) is 0. The van der Waals surface area contributed by atoms with Gasteiger partial charge in [0.1, 0.15) is 24.7 Å². The molecule has 0 fully saturated rings. The van der Waals surface area contributed by atoms with Crippen LogP contribution in [0.4, 0.5) is 4.39 Å². The van der Waals surface area contributed by atoms with E-state index < -0.39 is 0 Å². The number of ether oxygens (including phenoxy) is 2. The molecule has 1 aliphatic heterocycles. The monoisotopic (exact) mass is 510 g/mol. The minimum Gasteiger partial charge on any atom is -0.491 e. The fraction of sp³-hybridized carbons (Fsp3) is 0.357.